The fraction of sp³-hybridized carbons (Fsp3) is 0.409. The van der Waals surface area contributed by atoms with Crippen LogP contribution in [0.1, 0.15) is 62.1 Å². The number of ether oxygens (including phenoxy) is 1. The first-order valence-corrected chi connectivity index (χ1v) is 9.07. The minimum atomic E-state index is -0.940. The molecule has 1 amide bonds. The molecule has 0 spiro atoms. The van der Waals surface area contributed by atoms with Gasteiger partial charge >= 0.3 is 0 Å². The van der Waals surface area contributed by atoms with Crippen molar-refractivity contribution >= 4 is 5.91 Å². The molecule has 2 N–H and O–H groups in total. The molecule has 3 rings (SSSR count). The smallest absolute Gasteiger partial charge is 0.251 e. The van der Waals surface area contributed by atoms with Crippen molar-refractivity contribution in [2.75, 3.05) is 0 Å². The van der Waals surface area contributed by atoms with Crippen molar-refractivity contribution in [3.05, 3.63) is 65.0 Å². The predicted octanol–water partition coefficient (Wildman–Crippen LogP) is 4.13. The van der Waals surface area contributed by atoms with Gasteiger partial charge in [-0.25, -0.2) is 4.39 Å². The number of amides is 1. The molecule has 4 nitrogen and oxygen atoms in total. The Morgan fingerprint density at radius 3 is 2.37 bits per heavy atom. The summed E-state index contributed by atoms with van der Waals surface area (Å²) in [4.78, 5) is 12.7. The second kappa shape index (κ2) is 6.64. The molecule has 27 heavy (non-hydrogen) atoms. The molecule has 2 atom stereocenters. The summed E-state index contributed by atoms with van der Waals surface area (Å²) in [5, 5.41) is 13.8. The molecule has 0 saturated heterocycles. The van der Waals surface area contributed by atoms with Gasteiger partial charge in [0.05, 0.1) is 6.04 Å². The summed E-state index contributed by atoms with van der Waals surface area (Å²) in [5.74, 6) is -0.134. The Kier molecular flexibility index (Phi) is 4.76. The summed E-state index contributed by atoms with van der Waals surface area (Å²) in [6.07, 6.45) is -0.940. The van der Waals surface area contributed by atoms with Crippen molar-refractivity contribution in [1.29, 1.82) is 0 Å². The minimum Gasteiger partial charge on any atom is -0.485 e. The molecular weight excluding hydrogens is 345 g/mol. The average Bonchev–Trinajstić information content (AvgIpc) is 2.58. The first kappa shape index (κ1) is 19.4. The number of hydrogen-bond donors (Lipinski definition) is 2. The first-order chi connectivity index (χ1) is 12.5. The van der Waals surface area contributed by atoms with Crippen molar-refractivity contribution in [1.82, 2.24) is 5.32 Å². The summed E-state index contributed by atoms with van der Waals surface area (Å²) in [5.41, 5.74) is 1.21. The maximum atomic E-state index is 13.1. The zero-order valence-electron chi connectivity index (χ0n) is 16.3. The average molecular weight is 371 g/mol. The SMILES string of the molecule is CC(C)(C)c1ccc2c(c1)[C@H](NC(=O)c1ccc(F)cc1)[C@@H](O)C(C)(C)O2. The van der Waals surface area contributed by atoms with E-state index in [1.54, 1.807) is 13.8 Å². The molecule has 0 radical (unpaired) electrons. The quantitative estimate of drug-likeness (QED) is 0.835. The van der Waals surface area contributed by atoms with Crippen LogP contribution in [0, 0.1) is 5.82 Å². The number of rotatable bonds is 2. The van der Waals surface area contributed by atoms with Crippen LogP contribution in [0.4, 0.5) is 4.39 Å². The van der Waals surface area contributed by atoms with E-state index in [-0.39, 0.29) is 11.3 Å². The van der Waals surface area contributed by atoms with Crippen molar-refractivity contribution in [3.8, 4) is 5.75 Å². The second-order valence-electron chi connectivity index (χ2n) is 8.61. The molecule has 1 aliphatic rings. The van der Waals surface area contributed by atoms with Crippen LogP contribution in [0.2, 0.25) is 0 Å². The van der Waals surface area contributed by atoms with Gasteiger partial charge in [-0.3, -0.25) is 4.79 Å². The third-order valence-corrected chi connectivity index (χ3v) is 5.00. The van der Waals surface area contributed by atoms with Crippen LogP contribution >= 0.6 is 0 Å². The number of carbonyl (C=O) groups excluding carboxylic acids is 1. The maximum absolute atomic E-state index is 13.1. The van der Waals surface area contributed by atoms with Gasteiger partial charge in [-0.05, 0) is 61.2 Å². The molecule has 1 heterocycles. The van der Waals surface area contributed by atoms with E-state index in [2.05, 4.69) is 26.1 Å². The van der Waals surface area contributed by atoms with Gasteiger partial charge in [0.2, 0.25) is 0 Å². The van der Waals surface area contributed by atoms with E-state index < -0.39 is 23.6 Å². The Balaban J connectivity index is 2.00. The van der Waals surface area contributed by atoms with E-state index in [9.17, 15) is 14.3 Å². The molecule has 2 aromatic carbocycles. The van der Waals surface area contributed by atoms with E-state index in [1.807, 2.05) is 18.2 Å². The van der Waals surface area contributed by atoms with Gasteiger partial charge in [0, 0.05) is 11.1 Å². The number of fused-ring (bicyclic) bond motifs is 1. The van der Waals surface area contributed by atoms with Gasteiger partial charge in [0.1, 0.15) is 23.3 Å². The lowest BCUT2D eigenvalue weighted by molar-refractivity contribution is -0.0628. The molecule has 0 saturated carbocycles. The molecule has 0 bridgehead atoms. The summed E-state index contributed by atoms with van der Waals surface area (Å²) in [6, 6.07) is 10.6. The van der Waals surface area contributed by atoms with Crippen LogP contribution in [0.5, 0.6) is 5.75 Å². The van der Waals surface area contributed by atoms with Gasteiger partial charge in [0.15, 0.2) is 0 Å². The van der Waals surface area contributed by atoms with E-state index in [1.165, 1.54) is 24.3 Å². The predicted molar refractivity (Wildman–Crippen MR) is 102 cm³/mol. The number of aliphatic hydroxyl groups is 1. The van der Waals surface area contributed by atoms with E-state index >= 15 is 0 Å². The molecule has 1 aliphatic heterocycles. The van der Waals surface area contributed by atoms with Crippen LogP contribution in [0.15, 0.2) is 42.5 Å². The molecule has 144 valence electrons. The molecule has 2 aromatic rings. The summed E-state index contributed by atoms with van der Waals surface area (Å²) < 4.78 is 19.1. The monoisotopic (exact) mass is 371 g/mol. The third kappa shape index (κ3) is 3.83. The molecule has 0 fully saturated rings. The van der Waals surface area contributed by atoms with Crippen molar-refractivity contribution in [2.45, 2.75) is 57.8 Å². The molecule has 5 heteroatoms. The fourth-order valence-corrected chi connectivity index (χ4v) is 3.25. The van der Waals surface area contributed by atoms with Crippen molar-refractivity contribution in [2.24, 2.45) is 0 Å². The van der Waals surface area contributed by atoms with Gasteiger partial charge in [-0.15, -0.1) is 0 Å². The maximum Gasteiger partial charge on any atom is 0.251 e. The highest BCUT2D eigenvalue weighted by atomic mass is 19.1. The van der Waals surface area contributed by atoms with E-state index in [4.69, 9.17) is 4.74 Å². The number of halogens is 1. The fourth-order valence-electron chi connectivity index (χ4n) is 3.25. The largest absolute Gasteiger partial charge is 0.485 e. The van der Waals surface area contributed by atoms with Gasteiger partial charge in [-0.1, -0.05) is 26.8 Å². The lowest BCUT2D eigenvalue weighted by Gasteiger charge is -2.42. The first-order valence-electron chi connectivity index (χ1n) is 9.07. The molecule has 0 aromatic heterocycles. The highest BCUT2D eigenvalue weighted by Gasteiger charge is 2.44. The Morgan fingerprint density at radius 1 is 1.15 bits per heavy atom. The number of hydrogen-bond acceptors (Lipinski definition) is 3. The molecular formula is C22H26FNO3. The zero-order chi connectivity index (χ0) is 20.0. The normalized spacial score (nSPS) is 21.1. The number of aliphatic hydroxyl groups excluding tert-OH is 1. The number of benzene rings is 2. The standard InChI is InChI=1S/C22H26FNO3/c1-21(2,3)14-8-11-17-16(12-14)18(19(25)22(4,5)27-17)24-20(26)13-6-9-15(23)10-7-13/h6-12,18-19,25H,1-5H3,(H,24,26)/t18-,19+/m0/s1. The highest BCUT2D eigenvalue weighted by Crippen LogP contribution is 2.41. The summed E-state index contributed by atoms with van der Waals surface area (Å²) >= 11 is 0. The number of nitrogens with one attached hydrogen (secondary N) is 1. The van der Waals surface area contributed by atoms with Gasteiger partial charge < -0.3 is 15.2 Å². The topological polar surface area (TPSA) is 58.6 Å². The lowest BCUT2D eigenvalue weighted by atomic mass is 9.81. The van der Waals surface area contributed by atoms with Gasteiger partial charge in [-0.2, -0.15) is 0 Å². The van der Waals surface area contributed by atoms with Crippen LogP contribution < -0.4 is 10.1 Å². The van der Waals surface area contributed by atoms with E-state index in [0.717, 1.165) is 11.1 Å². The van der Waals surface area contributed by atoms with Gasteiger partial charge in [0.25, 0.3) is 5.91 Å². The Morgan fingerprint density at radius 2 is 1.78 bits per heavy atom. The zero-order valence-corrected chi connectivity index (χ0v) is 16.3. The second-order valence-corrected chi connectivity index (χ2v) is 8.61. The Bertz CT molecular complexity index is 853. The Hall–Kier alpha value is -2.40. The third-order valence-electron chi connectivity index (χ3n) is 5.00. The van der Waals surface area contributed by atoms with Crippen LogP contribution in [-0.4, -0.2) is 22.7 Å². The Labute approximate surface area is 159 Å². The van der Waals surface area contributed by atoms with Crippen LogP contribution in [0.25, 0.3) is 0 Å². The van der Waals surface area contributed by atoms with Crippen molar-refractivity contribution in [3.63, 3.8) is 0 Å². The summed E-state index contributed by atoms with van der Waals surface area (Å²) in [6.45, 7) is 9.88. The number of carbonyl (C=O) groups is 1. The lowest BCUT2D eigenvalue weighted by Crippen LogP contribution is -2.53. The van der Waals surface area contributed by atoms with Crippen LogP contribution in [-0.2, 0) is 5.41 Å². The highest BCUT2D eigenvalue weighted by molar-refractivity contribution is 5.94. The molecule has 0 unspecified atom stereocenters. The summed E-state index contributed by atoms with van der Waals surface area (Å²) in [7, 11) is 0. The minimum absolute atomic E-state index is 0.0849. The van der Waals surface area contributed by atoms with Crippen LogP contribution in [0.3, 0.4) is 0 Å². The van der Waals surface area contributed by atoms with E-state index in [0.29, 0.717) is 11.3 Å². The molecule has 0 aliphatic carbocycles. The van der Waals surface area contributed by atoms with Crippen molar-refractivity contribution < 1.29 is 19.0 Å².